The predicted octanol–water partition coefficient (Wildman–Crippen LogP) is 2.38. The monoisotopic (exact) mass is 179 g/mol. The van der Waals surface area contributed by atoms with Crippen LogP contribution in [0, 0.1) is 6.92 Å². The van der Waals surface area contributed by atoms with Crippen LogP contribution in [0.5, 0.6) is 0 Å². The molecule has 0 radical (unpaired) electrons. The molecule has 1 aliphatic carbocycles. The number of rotatable bonds is 2. The van der Waals surface area contributed by atoms with Crippen molar-refractivity contribution in [3.05, 3.63) is 21.9 Å². The van der Waals surface area contributed by atoms with Crippen LogP contribution in [0.25, 0.3) is 0 Å². The van der Waals surface area contributed by atoms with E-state index >= 15 is 0 Å². The molecule has 1 saturated carbocycles. The first-order chi connectivity index (χ1) is 5.78. The van der Waals surface area contributed by atoms with Gasteiger partial charge >= 0.3 is 0 Å². The van der Waals surface area contributed by atoms with Crippen LogP contribution < -0.4 is 0 Å². The van der Waals surface area contributed by atoms with Crippen LogP contribution in [-0.4, -0.2) is 6.08 Å². The summed E-state index contributed by atoms with van der Waals surface area (Å²) in [5.41, 5.74) is 1.08. The second kappa shape index (κ2) is 2.54. The minimum absolute atomic E-state index is 0.167. The molecule has 2 rings (SSSR count). The number of aryl methyl sites for hydroxylation is 1. The first-order valence-electron chi connectivity index (χ1n) is 3.92. The number of thiophene rings is 1. The molecule has 1 fully saturated rings. The van der Waals surface area contributed by atoms with E-state index in [0.717, 1.165) is 12.8 Å². The highest BCUT2D eigenvalue weighted by molar-refractivity contribution is 7.10. The molecule has 3 heteroatoms. The lowest BCUT2D eigenvalue weighted by atomic mass is 10.1. The molecule has 0 N–H and O–H groups in total. The fourth-order valence-corrected chi connectivity index (χ4v) is 2.58. The van der Waals surface area contributed by atoms with Crippen molar-refractivity contribution >= 4 is 17.4 Å². The summed E-state index contributed by atoms with van der Waals surface area (Å²) in [6.45, 7) is 2.06. The zero-order valence-electron chi connectivity index (χ0n) is 6.83. The number of carbonyl (C=O) groups excluding carboxylic acids is 1. The molecule has 0 spiro atoms. The van der Waals surface area contributed by atoms with Crippen LogP contribution in [0.4, 0.5) is 0 Å². The summed E-state index contributed by atoms with van der Waals surface area (Å²) in [6.07, 6.45) is 3.67. The van der Waals surface area contributed by atoms with Crippen LogP contribution in [0.15, 0.2) is 16.4 Å². The Balaban J connectivity index is 2.42. The van der Waals surface area contributed by atoms with Crippen LogP contribution in [0.3, 0.4) is 0 Å². The van der Waals surface area contributed by atoms with Crippen molar-refractivity contribution in [1.82, 2.24) is 0 Å². The molecule has 1 aliphatic rings. The molecule has 0 amide bonds. The summed E-state index contributed by atoms with van der Waals surface area (Å²) in [5, 5.41) is 2.05. The van der Waals surface area contributed by atoms with Gasteiger partial charge in [-0.15, -0.1) is 11.3 Å². The van der Waals surface area contributed by atoms with E-state index in [1.54, 1.807) is 17.4 Å². The second-order valence-electron chi connectivity index (χ2n) is 3.17. The van der Waals surface area contributed by atoms with Crippen molar-refractivity contribution in [2.24, 2.45) is 4.99 Å². The lowest BCUT2D eigenvalue weighted by molar-refractivity contribution is 0.557. The predicted molar refractivity (Wildman–Crippen MR) is 48.1 cm³/mol. The normalized spacial score (nSPS) is 18.4. The number of nitrogens with zero attached hydrogens (tertiary/aromatic N) is 1. The van der Waals surface area contributed by atoms with Crippen molar-refractivity contribution < 1.29 is 4.79 Å². The molecule has 1 heterocycles. The van der Waals surface area contributed by atoms with E-state index in [4.69, 9.17) is 0 Å². The summed E-state index contributed by atoms with van der Waals surface area (Å²) in [5.74, 6) is 0. The summed E-state index contributed by atoms with van der Waals surface area (Å²) in [6, 6.07) is 2.07. The third kappa shape index (κ3) is 1.02. The van der Waals surface area contributed by atoms with Crippen molar-refractivity contribution in [2.45, 2.75) is 25.3 Å². The van der Waals surface area contributed by atoms with Gasteiger partial charge in [0, 0.05) is 4.88 Å². The van der Waals surface area contributed by atoms with E-state index in [9.17, 15) is 4.79 Å². The maximum Gasteiger partial charge on any atom is 0.235 e. The molecule has 2 nitrogen and oxygen atoms in total. The number of aliphatic imine (C=N–C) groups is 1. The van der Waals surface area contributed by atoms with E-state index in [0.29, 0.717) is 0 Å². The topological polar surface area (TPSA) is 29.4 Å². The third-order valence-electron chi connectivity index (χ3n) is 2.27. The minimum Gasteiger partial charge on any atom is -0.211 e. The summed E-state index contributed by atoms with van der Waals surface area (Å²) in [4.78, 5) is 15.3. The number of hydrogen-bond acceptors (Lipinski definition) is 3. The van der Waals surface area contributed by atoms with Crippen molar-refractivity contribution in [1.29, 1.82) is 0 Å². The van der Waals surface area contributed by atoms with Gasteiger partial charge in [0.1, 0.15) is 5.54 Å². The molecule has 12 heavy (non-hydrogen) atoms. The van der Waals surface area contributed by atoms with Gasteiger partial charge in [0.05, 0.1) is 0 Å². The maximum absolute atomic E-state index is 10.2. The van der Waals surface area contributed by atoms with Crippen molar-refractivity contribution in [2.75, 3.05) is 0 Å². The van der Waals surface area contributed by atoms with Crippen LogP contribution in [0.2, 0.25) is 0 Å². The SMILES string of the molecule is Cc1ccsc1C1(N=C=O)CC1. The highest BCUT2D eigenvalue weighted by Crippen LogP contribution is 2.52. The van der Waals surface area contributed by atoms with Crippen molar-refractivity contribution in [3.8, 4) is 0 Å². The average molecular weight is 179 g/mol. The fourth-order valence-electron chi connectivity index (χ4n) is 1.44. The number of isocyanates is 1. The summed E-state index contributed by atoms with van der Waals surface area (Å²) < 4.78 is 0. The average Bonchev–Trinajstić information content (AvgIpc) is 2.68. The van der Waals surface area contributed by atoms with E-state index in [-0.39, 0.29) is 5.54 Å². The first kappa shape index (κ1) is 7.71. The summed E-state index contributed by atoms with van der Waals surface area (Å²) in [7, 11) is 0. The quantitative estimate of drug-likeness (QED) is 0.506. The lowest BCUT2D eigenvalue weighted by Crippen LogP contribution is -2.00. The Labute approximate surface area is 74.9 Å². The Kier molecular flexibility index (Phi) is 1.63. The molecule has 0 bridgehead atoms. The van der Waals surface area contributed by atoms with E-state index < -0.39 is 0 Å². The van der Waals surface area contributed by atoms with Gasteiger partial charge in [-0.1, -0.05) is 0 Å². The Morgan fingerprint density at radius 3 is 2.83 bits per heavy atom. The second-order valence-corrected chi connectivity index (χ2v) is 4.08. The molecule has 0 atom stereocenters. The largest absolute Gasteiger partial charge is 0.235 e. The molecule has 1 aromatic heterocycles. The molecular formula is C9H9NOS. The molecule has 1 aromatic rings. The van der Waals surface area contributed by atoms with Gasteiger partial charge in [-0.2, -0.15) is 4.99 Å². The van der Waals surface area contributed by atoms with Gasteiger partial charge in [-0.25, -0.2) is 4.79 Å². The Morgan fingerprint density at radius 2 is 2.42 bits per heavy atom. The highest BCUT2D eigenvalue weighted by Gasteiger charge is 2.46. The van der Waals surface area contributed by atoms with Gasteiger partial charge in [0.2, 0.25) is 6.08 Å². The number of hydrogen-bond donors (Lipinski definition) is 0. The maximum atomic E-state index is 10.2. The molecular weight excluding hydrogens is 170 g/mol. The van der Waals surface area contributed by atoms with Gasteiger partial charge in [0.15, 0.2) is 0 Å². The molecule has 0 unspecified atom stereocenters. The molecule has 0 saturated heterocycles. The van der Waals surface area contributed by atoms with E-state index in [2.05, 4.69) is 18.0 Å². The van der Waals surface area contributed by atoms with Crippen LogP contribution >= 0.6 is 11.3 Å². The summed E-state index contributed by atoms with van der Waals surface area (Å²) >= 11 is 1.69. The van der Waals surface area contributed by atoms with Gasteiger partial charge < -0.3 is 0 Å². The van der Waals surface area contributed by atoms with Crippen LogP contribution in [0.1, 0.15) is 23.3 Å². The van der Waals surface area contributed by atoms with Gasteiger partial charge in [-0.3, -0.25) is 0 Å². The molecule has 0 aromatic carbocycles. The van der Waals surface area contributed by atoms with Crippen molar-refractivity contribution in [3.63, 3.8) is 0 Å². The van der Waals surface area contributed by atoms with Gasteiger partial charge in [0.25, 0.3) is 0 Å². The molecule has 0 aliphatic heterocycles. The van der Waals surface area contributed by atoms with E-state index in [1.807, 2.05) is 5.38 Å². The lowest BCUT2D eigenvalue weighted by Gasteiger charge is -2.04. The first-order valence-corrected chi connectivity index (χ1v) is 4.80. The van der Waals surface area contributed by atoms with Gasteiger partial charge in [-0.05, 0) is 36.8 Å². The molecule has 62 valence electrons. The smallest absolute Gasteiger partial charge is 0.211 e. The zero-order chi connectivity index (χ0) is 8.60. The highest BCUT2D eigenvalue weighted by atomic mass is 32.1. The zero-order valence-corrected chi connectivity index (χ0v) is 7.65. The van der Waals surface area contributed by atoms with Crippen LogP contribution in [-0.2, 0) is 10.3 Å². The standard InChI is InChI=1S/C9H9NOS/c1-7-2-5-12-8(7)9(3-4-9)10-6-11/h2,5H,3-4H2,1H3. The Hall–Kier alpha value is -0.920. The minimum atomic E-state index is -0.167. The Morgan fingerprint density at radius 1 is 1.67 bits per heavy atom. The third-order valence-corrected chi connectivity index (χ3v) is 3.48. The fraction of sp³-hybridized carbons (Fsp3) is 0.444. The Bertz CT molecular complexity index is 345. The van der Waals surface area contributed by atoms with E-state index in [1.165, 1.54) is 10.4 Å².